The Morgan fingerprint density at radius 2 is 1.81 bits per heavy atom. The number of ether oxygens (including phenoxy) is 2. The number of hydrogen-bond acceptors (Lipinski definition) is 6. The molecule has 3 amide bonds. The molecule has 1 saturated carbocycles. The maximum atomic E-state index is 14.6. The Bertz CT molecular complexity index is 1170. The predicted octanol–water partition coefficient (Wildman–Crippen LogP) is 2.72. The van der Waals surface area contributed by atoms with Crippen LogP contribution in [0, 0.1) is 5.82 Å². The van der Waals surface area contributed by atoms with Gasteiger partial charge in [0.2, 0.25) is 24.5 Å². The molecule has 0 bridgehead atoms. The third-order valence-corrected chi connectivity index (χ3v) is 7.23. The number of nitrogens with one attached hydrogen (secondary N) is 2. The molecule has 1 aliphatic heterocycles. The van der Waals surface area contributed by atoms with E-state index in [0.717, 1.165) is 30.6 Å². The second-order valence-corrected chi connectivity index (χ2v) is 10.2. The van der Waals surface area contributed by atoms with Gasteiger partial charge in [0, 0.05) is 28.6 Å². The van der Waals surface area contributed by atoms with Crippen LogP contribution in [0.1, 0.15) is 32.6 Å². The minimum Gasteiger partial charge on any atom is -0.454 e. The van der Waals surface area contributed by atoms with Crippen molar-refractivity contribution in [1.82, 2.24) is 5.32 Å². The molecule has 0 unspecified atom stereocenters. The van der Waals surface area contributed by atoms with Gasteiger partial charge in [-0.15, -0.1) is 0 Å². The maximum Gasteiger partial charge on any atom is 0.243 e. The van der Waals surface area contributed by atoms with Crippen molar-refractivity contribution in [1.29, 1.82) is 0 Å². The van der Waals surface area contributed by atoms with Gasteiger partial charge >= 0.3 is 0 Å². The lowest BCUT2D eigenvalue weighted by Crippen LogP contribution is -2.51. The molecule has 36 heavy (non-hydrogen) atoms. The van der Waals surface area contributed by atoms with E-state index >= 15 is 0 Å². The van der Waals surface area contributed by atoms with Crippen LogP contribution in [0.3, 0.4) is 0 Å². The van der Waals surface area contributed by atoms with Crippen LogP contribution in [0.4, 0.5) is 15.8 Å². The van der Waals surface area contributed by atoms with Crippen molar-refractivity contribution < 1.29 is 32.5 Å². The number of rotatable bonds is 9. The summed E-state index contributed by atoms with van der Waals surface area (Å²) in [4.78, 5) is 39.5. The third kappa shape index (κ3) is 6.20. The summed E-state index contributed by atoms with van der Waals surface area (Å²) in [7, 11) is -1.90. The van der Waals surface area contributed by atoms with E-state index in [-0.39, 0.29) is 18.5 Å². The maximum absolute atomic E-state index is 14.6. The van der Waals surface area contributed by atoms with Crippen LogP contribution in [0.15, 0.2) is 42.5 Å². The molecule has 2 aliphatic rings. The molecule has 9 nitrogen and oxygen atoms in total. The van der Waals surface area contributed by atoms with Gasteiger partial charge in [-0.05, 0) is 44.0 Å². The smallest absolute Gasteiger partial charge is 0.243 e. The molecule has 11 heteroatoms. The minimum atomic E-state index is -1.90. The number of carbonyl (C=O) groups excluding carboxylic acids is 3. The SMILES string of the molecule is C[C@H](C(=O)NC1CCCC1)N(C(=O)C[S@](=O)CC(=O)Nc1ccc2c(c1)OCO2)c1ccccc1F. The Morgan fingerprint density at radius 1 is 1.08 bits per heavy atom. The zero-order chi connectivity index (χ0) is 25.7. The minimum absolute atomic E-state index is 0.0199. The van der Waals surface area contributed by atoms with Crippen molar-refractivity contribution in [2.45, 2.75) is 44.7 Å². The van der Waals surface area contributed by atoms with E-state index in [1.54, 1.807) is 24.3 Å². The summed E-state index contributed by atoms with van der Waals surface area (Å²) in [6.07, 6.45) is 3.74. The van der Waals surface area contributed by atoms with E-state index in [0.29, 0.717) is 17.2 Å². The van der Waals surface area contributed by atoms with Gasteiger partial charge in [-0.3, -0.25) is 23.5 Å². The molecule has 2 atom stereocenters. The first-order valence-electron chi connectivity index (χ1n) is 11.7. The highest BCUT2D eigenvalue weighted by atomic mass is 32.2. The summed E-state index contributed by atoms with van der Waals surface area (Å²) >= 11 is 0. The fourth-order valence-electron chi connectivity index (χ4n) is 4.29. The quantitative estimate of drug-likeness (QED) is 0.529. The molecule has 1 aliphatic carbocycles. The summed E-state index contributed by atoms with van der Waals surface area (Å²) in [5, 5.41) is 5.53. The van der Waals surface area contributed by atoms with Gasteiger partial charge in [-0.1, -0.05) is 25.0 Å². The monoisotopic (exact) mass is 517 g/mol. The molecule has 1 heterocycles. The highest BCUT2D eigenvalue weighted by Gasteiger charge is 2.32. The average molecular weight is 518 g/mol. The molecule has 0 radical (unpaired) electrons. The van der Waals surface area contributed by atoms with Gasteiger partial charge in [0.25, 0.3) is 0 Å². The Morgan fingerprint density at radius 3 is 2.56 bits per heavy atom. The molecule has 192 valence electrons. The van der Waals surface area contributed by atoms with Crippen molar-refractivity contribution in [3.63, 3.8) is 0 Å². The normalized spacial score (nSPS) is 16.3. The van der Waals surface area contributed by atoms with E-state index in [1.807, 2.05) is 0 Å². The Balaban J connectivity index is 1.41. The summed E-state index contributed by atoms with van der Waals surface area (Å²) in [5.41, 5.74) is 0.344. The molecule has 2 aromatic rings. The Kier molecular flexibility index (Phi) is 8.19. The lowest BCUT2D eigenvalue weighted by atomic mass is 10.1. The zero-order valence-electron chi connectivity index (χ0n) is 19.8. The van der Waals surface area contributed by atoms with Gasteiger partial charge in [0.05, 0.1) is 5.69 Å². The first-order chi connectivity index (χ1) is 17.3. The molecule has 1 fully saturated rings. The largest absolute Gasteiger partial charge is 0.454 e. The first kappa shape index (κ1) is 25.6. The van der Waals surface area contributed by atoms with Gasteiger partial charge in [-0.25, -0.2) is 4.39 Å². The molecule has 0 saturated heterocycles. The fraction of sp³-hybridized carbons (Fsp3) is 0.400. The van der Waals surface area contributed by atoms with E-state index in [9.17, 15) is 23.0 Å². The van der Waals surface area contributed by atoms with Crippen molar-refractivity contribution in [3.05, 3.63) is 48.3 Å². The van der Waals surface area contributed by atoms with Gasteiger partial charge in [-0.2, -0.15) is 0 Å². The van der Waals surface area contributed by atoms with E-state index < -0.39 is 51.9 Å². The molecular weight excluding hydrogens is 489 g/mol. The summed E-state index contributed by atoms with van der Waals surface area (Å²) in [6.45, 7) is 1.60. The zero-order valence-corrected chi connectivity index (χ0v) is 20.6. The third-order valence-electron chi connectivity index (χ3n) is 6.08. The standard InChI is InChI=1S/C25H28FN3O6S/c1-16(25(32)28-17-6-2-3-7-17)29(20-9-5-4-8-19(20)26)24(31)14-36(33)13-23(30)27-18-10-11-21-22(12-18)35-15-34-21/h4-5,8-12,16-17H,2-3,6-7,13-15H2,1H3,(H,27,30)(H,28,32)/t16-,36-/m1/s1. The number of amides is 3. The molecular formula is C25H28FN3O6S. The summed E-state index contributed by atoms with van der Waals surface area (Å²) in [6, 6.07) is 9.43. The number of benzene rings is 2. The number of halogens is 1. The highest BCUT2D eigenvalue weighted by Crippen LogP contribution is 2.34. The topological polar surface area (TPSA) is 114 Å². The van der Waals surface area contributed by atoms with Crippen molar-refractivity contribution in [2.24, 2.45) is 0 Å². The van der Waals surface area contributed by atoms with Crippen LogP contribution >= 0.6 is 0 Å². The highest BCUT2D eigenvalue weighted by molar-refractivity contribution is 7.86. The molecule has 0 spiro atoms. The summed E-state index contributed by atoms with van der Waals surface area (Å²) in [5.74, 6) is -2.34. The van der Waals surface area contributed by atoms with E-state index in [2.05, 4.69) is 10.6 Å². The lowest BCUT2D eigenvalue weighted by Gasteiger charge is -2.29. The molecule has 2 aromatic carbocycles. The van der Waals surface area contributed by atoms with Crippen LogP contribution in [-0.4, -0.2) is 52.3 Å². The Hall–Kier alpha value is -3.47. The van der Waals surface area contributed by atoms with Crippen molar-refractivity contribution in [3.8, 4) is 11.5 Å². The molecule has 4 rings (SSSR count). The lowest BCUT2D eigenvalue weighted by molar-refractivity contribution is -0.125. The second kappa shape index (κ2) is 11.5. The van der Waals surface area contributed by atoms with E-state index in [1.165, 1.54) is 25.1 Å². The first-order valence-corrected chi connectivity index (χ1v) is 13.2. The molecule has 0 aromatic heterocycles. The van der Waals surface area contributed by atoms with Crippen LogP contribution in [0.25, 0.3) is 0 Å². The van der Waals surface area contributed by atoms with Gasteiger partial charge in [0.1, 0.15) is 23.4 Å². The average Bonchev–Trinajstić information content (AvgIpc) is 3.51. The van der Waals surface area contributed by atoms with E-state index in [4.69, 9.17) is 9.47 Å². The van der Waals surface area contributed by atoms with Crippen LogP contribution in [0.5, 0.6) is 11.5 Å². The summed E-state index contributed by atoms with van der Waals surface area (Å²) < 4.78 is 37.8. The van der Waals surface area contributed by atoms with Crippen LogP contribution < -0.4 is 25.0 Å². The van der Waals surface area contributed by atoms with Crippen LogP contribution in [0.2, 0.25) is 0 Å². The van der Waals surface area contributed by atoms with Gasteiger partial charge in [0.15, 0.2) is 11.5 Å². The number of carbonyl (C=O) groups is 3. The number of nitrogens with zero attached hydrogens (tertiary/aromatic N) is 1. The number of hydrogen-bond donors (Lipinski definition) is 2. The number of para-hydroxylation sites is 1. The number of fused-ring (bicyclic) bond motifs is 1. The van der Waals surface area contributed by atoms with Crippen molar-refractivity contribution >= 4 is 39.9 Å². The second-order valence-electron chi connectivity index (χ2n) is 8.73. The fourth-order valence-corrected chi connectivity index (χ4v) is 5.17. The van der Waals surface area contributed by atoms with Gasteiger partial charge < -0.3 is 20.1 Å². The number of anilines is 2. The predicted molar refractivity (Wildman–Crippen MR) is 133 cm³/mol. The van der Waals surface area contributed by atoms with Crippen molar-refractivity contribution in [2.75, 3.05) is 28.5 Å². The Labute approximate surface area is 210 Å². The molecule has 2 N–H and O–H groups in total. The van der Waals surface area contributed by atoms with Crippen LogP contribution in [-0.2, 0) is 25.2 Å².